The molecule has 2 amide bonds. The van der Waals surface area contributed by atoms with Gasteiger partial charge in [-0.05, 0) is 54.6 Å². The maximum Gasteiger partial charge on any atom is 0.286 e. The molecule has 2 aromatic rings. The van der Waals surface area contributed by atoms with Crippen LogP contribution in [0.1, 0.15) is 34.1 Å². The number of hydrogen-bond donors (Lipinski definition) is 1. The number of thioether (sulfide) groups is 1. The van der Waals surface area contributed by atoms with Gasteiger partial charge in [-0.2, -0.15) is 0 Å². The van der Waals surface area contributed by atoms with Crippen molar-refractivity contribution in [1.29, 1.82) is 0 Å². The maximum absolute atomic E-state index is 12.8. The Balaban J connectivity index is 1.79. The van der Waals surface area contributed by atoms with E-state index in [0.29, 0.717) is 11.6 Å². The minimum Gasteiger partial charge on any atom is -0.339 e. The van der Waals surface area contributed by atoms with Gasteiger partial charge in [0, 0.05) is 29.2 Å². The fraction of sp³-hybridized carbons (Fsp3) is 0.368. The van der Waals surface area contributed by atoms with Gasteiger partial charge >= 0.3 is 0 Å². The van der Waals surface area contributed by atoms with Crippen LogP contribution in [0.15, 0.2) is 34.5 Å². The van der Waals surface area contributed by atoms with Crippen LogP contribution < -0.4 is 5.32 Å². The first-order valence-corrected chi connectivity index (χ1v) is 10.0. The van der Waals surface area contributed by atoms with Gasteiger partial charge in [0.25, 0.3) is 11.1 Å². The molecule has 1 unspecified atom stereocenters. The minimum absolute atomic E-state index is 0.0661. The van der Waals surface area contributed by atoms with Gasteiger partial charge in [-0.1, -0.05) is 19.1 Å². The molecule has 0 saturated carbocycles. The molecule has 0 radical (unpaired) electrons. The van der Waals surface area contributed by atoms with Crippen LogP contribution in [0.5, 0.6) is 0 Å². The van der Waals surface area contributed by atoms with Crippen molar-refractivity contribution in [1.82, 2.24) is 4.90 Å². The summed E-state index contributed by atoms with van der Waals surface area (Å²) in [6, 6.07) is 7.43. The molecule has 1 aliphatic carbocycles. The zero-order valence-corrected chi connectivity index (χ0v) is 16.3. The molecule has 1 heterocycles. The van der Waals surface area contributed by atoms with Crippen molar-refractivity contribution in [2.75, 3.05) is 19.4 Å². The molecule has 1 atom stereocenters. The molecule has 3 rings (SSSR count). The standard InChI is InChI=1S/C19H22N2O2S2/c1-12-8-9-13-14(11-24-17(13)10-12)18(22)20-15-6-4-5-7-16(15)25-19(23)21(2)3/h4-7,11-12H,8-10H2,1-3H3,(H,20,22). The maximum atomic E-state index is 12.8. The van der Waals surface area contributed by atoms with Gasteiger partial charge in [0.1, 0.15) is 0 Å². The van der Waals surface area contributed by atoms with E-state index in [-0.39, 0.29) is 11.1 Å². The van der Waals surface area contributed by atoms with Gasteiger partial charge < -0.3 is 10.2 Å². The van der Waals surface area contributed by atoms with Gasteiger partial charge in [-0.25, -0.2) is 0 Å². The zero-order valence-electron chi connectivity index (χ0n) is 14.7. The molecule has 1 aliphatic rings. The predicted molar refractivity (Wildman–Crippen MR) is 105 cm³/mol. The van der Waals surface area contributed by atoms with E-state index in [4.69, 9.17) is 0 Å². The van der Waals surface area contributed by atoms with Crippen LogP contribution >= 0.6 is 23.1 Å². The predicted octanol–water partition coefficient (Wildman–Crippen LogP) is 4.90. The number of benzene rings is 1. The lowest BCUT2D eigenvalue weighted by molar-refractivity contribution is 0.102. The van der Waals surface area contributed by atoms with Crippen LogP contribution in [-0.2, 0) is 12.8 Å². The Labute approximate surface area is 156 Å². The van der Waals surface area contributed by atoms with Crippen LogP contribution in [0, 0.1) is 5.92 Å². The van der Waals surface area contributed by atoms with Crippen molar-refractivity contribution >= 4 is 39.9 Å². The van der Waals surface area contributed by atoms with Crippen LogP contribution in [0.4, 0.5) is 10.5 Å². The Morgan fingerprint density at radius 3 is 2.80 bits per heavy atom. The summed E-state index contributed by atoms with van der Waals surface area (Å²) >= 11 is 2.81. The van der Waals surface area contributed by atoms with E-state index in [2.05, 4.69) is 12.2 Å². The number of carbonyl (C=O) groups excluding carboxylic acids is 2. The third-order valence-electron chi connectivity index (χ3n) is 4.34. The number of fused-ring (bicyclic) bond motifs is 1. The minimum atomic E-state index is -0.0857. The molecule has 1 N–H and O–H groups in total. The first kappa shape index (κ1) is 18.0. The third-order valence-corrected chi connectivity index (χ3v) is 6.51. The number of anilines is 1. The molecule has 1 aromatic heterocycles. The summed E-state index contributed by atoms with van der Waals surface area (Å²) in [5, 5.41) is 4.90. The summed E-state index contributed by atoms with van der Waals surface area (Å²) in [6.07, 6.45) is 3.17. The fourth-order valence-corrected chi connectivity index (χ4v) is 4.89. The van der Waals surface area contributed by atoms with E-state index in [0.717, 1.165) is 41.5 Å². The summed E-state index contributed by atoms with van der Waals surface area (Å²) < 4.78 is 0. The Kier molecular flexibility index (Phi) is 5.49. The first-order valence-electron chi connectivity index (χ1n) is 8.34. The van der Waals surface area contributed by atoms with E-state index >= 15 is 0 Å². The highest BCUT2D eigenvalue weighted by atomic mass is 32.2. The van der Waals surface area contributed by atoms with Crippen molar-refractivity contribution in [2.24, 2.45) is 5.92 Å². The molecular weight excluding hydrogens is 352 g/mol. The Morgan fingerprint density at radius 1 is 1.28 bits per heavy atom. The molecular formula is C19H22N2O2S2. The summed E-state index contributed by atoms with van der Waals surface area (Å²) in [7, 11) is 3.43. The van der Waals surface area contributed by atoms with E-state index in [9.17, 15) is 9.59 Å². The highest BCUT2D eigenvalue weighted by Crippen LogP contribution is 2.34. The van der Waals surface area contributed by atoms with Crippen LogP contribution in [0.3, 0.4) is 0 Å². The largest absolute Gasteiger partial charge is 0.339 e. The van der Waals surface area contributed by atoms with E-state index in [1.54, 1.807) is 25.4 Å². The van der Waals surface area contributed by atoms with Crippen molar-refractivity contribution in [3.63, 3.8) is 0 Å². The Hall–Kier alpha value is -1.79. The van der Waals surface area contributed by atoms with Crippen molar-refractivity contribution < 1.29 is 9.59 Å². The molecule has 1 aromatic carbocycles. The van der Waals surface area contributed by atoms with Crippen molar-refractivity contribution in [2.45, 2.75) is 31.1 Å². The third kappa shape index (κ3) is 4.07. The molecule has 0 bridgehead atoms. The molecule has 0 saturated heterocycles. The number of carbonyl (C=O) groups is 2. The van der Waals surface area contributed by atoms with Crippen LogP contribution in [0.2, 0.25) is 0 Å². The van der Waals surface area contributed by atoms with Gasteiger partial charge in [-0.3, -0.25) is 9.59 Å². The average Bonchev–Trinajstić information content (AvgIpc) is 2.99. The molecule has 0 spiro atoms. The lowest BCUT2D eigenvalue weighted by Crippen LogP contribution is -2.18. The van der Waals surface area contributed by atoms with Gasteiger partial charge in [-0.15, -0.1) is 11.3 Å². The second-order valence-electron chi connectivity index (χ2n) is 6.61. The highest BCUT2D eigenvalue weighted by Gasteiger charge is 2.23. The normalized spacial score (nSPS) is 16.2. The van der Waals surface area contributed by atoms with Gasteiger partial charge in [0.05, 0.1) is 11.3 Å². The smallest absolute Gasteiger partial charge is 0.286 e. The number of amides is 2. The molecule has 0 fully saturated rings. The SMILES string of the molecule is CC1CCc2c(C(=O)Nc3ccccc3SC(=O)N(C)C)csc2C1. The molecule has 4 nitrogen and oxygen atoms in total. The van der Waals surface area contributed by atoms with Crippen LogP contribution in [-0.4, -0.2) is 30.1 Å². The summed E-state index contributed by atoms with van der Waals surface area (Å²) in [5.74, 6) is 0.605. The lowest BCUT2D eigenvalue weighted by atomic mass is 9.88. The number of para-hydroxylation sites is 1. The number of thiophene rings is 1. The van der Waals surface area contributed by atoms with Gasteiger partial charge in [0.15, 0.2) is 0 Å². The van der Waals surface area contributed by atoms with Crippen molar-refractivity contribution in [3.8, 4) is 0 Å². The van der Waals surface area contributed by atoms with E-state index in [1.165, 1.54) is 15.3 Å². The number of nitrogens with one attached hydrogen (secondary N) is 1. The number of hydrogen-bond acceptors (Lipinski definition) is 4. The quantitative estimate of drug-likeness (QED) is 0.778. The zero-order chi connectivity index (χ0) is 18.0. The second-order valence-corrected chi connectivity index (χ2v) is 8.57. The average molecular weight is 375 g/mol. The fourth-order valence-electron chi connectivity index (χ4n) is 2.90. The van der Waals surface area contributed by atoms with Crippen LogP contribution in [0.25, 0.3) is 0 Å². The molecule has 25 heavy (non-hydrogen) atoms. The number of rotatable bonds is 3. The molecule has 132 valence electrons. The van der Waals surface area contributed by atoms with E-state index in [1.807, 2.05) is 29.6 Å². The summed E-state index contributed by atoms with van der Waals surface area (Å²) in [4.78, 5) is 28.4. The Morgan fingerprint density at radius 2 is 2.04 bits per heavy atom. The van der Waals surface area contributed by atoms with Gasteiger partial charge in [0.2, 0.25) is 0 Å². The second kappa shape index (κ2) is 7.62. The lowest BCUT2D eigenvalue weighted by Gasteiger charge is -2.19. The summed E-state index contributed by atoms with van der Waals surface area (Å²) in [6.45, 7) is 2.26. The molecule has 6 heteroatoms. The van der Waals surface area contributed by atoms with Crippen molar-refractivity contribution in [3.05, 3.63) is 45.6 Å². The Bertz CT molecular complexity index is 798. The highest BCUT2D eigenvalue weighted by molar-refractivity contribution is 8.13. The number of nitrogens with zero attached hydrogens (tertiary/aromatic N) is 1. The summed E-state index contributed by atoms with van der Waals surface area (Å²) in [5.41, 5.74) is 2.66. The topological polar surface area (TPSA) is 49.4 Å². The van der Waals surface area contributed by atoms with E-state index < -0.39 is 0 Å². The first-order chi connectivity index (χ1) is 12.0. The monoisotopic (exact) mass is 374 g/mol. The molecule has 0 aliphatic heterocycles.